The lowest BCUT2D eigenvalue weighted by atomic mass is 10.0. The summed E-state index contributed by atoms with van der Waals surface area (Å²) in [7, 11) is 0. The number of aryl methyl sites for hydroxylation is 1. The fourth-order valence-electron chi connectivity index (χ4n) is 2.97. The van der Waals surface area contributed by atoms with E-state index in [1.807, 2.05) is 11.4 Å². The topological polar surface area (TPSA) is 45.2 Å². The van der Waals surface area contributed by atoms with Gasteiger partial charge in [0.1, 0.15) is 0 Å². The fraction of sp³-hybridized carbons (Fsp3) is 0.529. The number of carbonyl (C=O) groups is 1. The molecular formula is C17H23N3OS2. The molecule has 4 nitrogen and oxygen atoms in total. The van der Waals surface area contributed by atoms with Crippen LogP contribution in [0, 0.1) is 5.92 Å². The first kappa shape index (κ1) is 16.6. The summed E-state index contributed by atoms with van der Waals surface area (Å²) in [6.07, 6.45) is 3.92. The summed E-state index contributed by atoms with van der Waals surface area (Å²) in [5.41, 5.74) is 1.07. The normalized spacial score (nSPS) is 18.9. The quantitative estimate of drug-likeness (QED) is 0.857. The Hall–Kier alpha value is -1.24. The Labute approximate surface area is 145 Å². The third-order valence-corrected chi connectivity index (χ3v) is 5.85. The minimum atomic E-state index is 0.0471. The van der Waals surface area contributed by atoms with E-state index in [1.165, 1.54) is 29.1 Å². The summed E-state index contributed by atoms with van der Waals surface area (Å²) in [5.74, 6) is 0.824. The number of hydrogen-bond donors (Lipinski definition) is 1. The molecule has 3 rings (SSSR count). The lowest BCUT2D eigenvalue weighted by Crippen LogP contribution is -2.33. The van der Waals surface area contributed by atoms with Crippen LogP contribution in [0.2, 0.25) is 0 Å². The SMILES string of the molecule is CC1CCCN(Cc2csc(NC(=O)CCc3cccs3)n2)C1. The highest BCUT2D eigenvalue weighted by Crippen LogP contribution is 2.21. The van der Waals surface area contributed by atoms with Gasteiger partial charge in [-0.3, -0.25) is 9.69 Å². The average molecular weight is 350 g/mol. The van der Waals surface area contributed by atoms with E-state index in [9.17, 15) is 4.79 Å². The highest BCUT2D eigenvalue weighted by molar-refractivity contribution is 7.14. The van der Waals surface area contributed by atoms with Crippen LogP contribution >= 0.6 is 22.7 Å². The van der Waals surface area contributed by atoms with Gasteiger partial charge >= 0.3 is 0 Å². The monoisotopic (exact) mass is 349 g/mol. The Morgan fingerprint density at radius 3 is 3.17 bits per heavy atom. The van der Waals surface area contributed by atoms with E-state index < -0.39 is 0 Å². The molecule has 1 aliphatic rings. The molecule has 6 heteroatoms. The van der Waals surface area contributed by atoms with Crippen LogP contribution in [0.15, 0.2) is 22.9 Å². The molecule has 1 N–H and O–H groups in total. The van der Waals surface area contributed by atoms with Crippen LogP contribution in [-0.2, 0) is 17.8 Å². The fourth-order valence-corrected chi connectivity index (χ4v) is 4.40. The number of amides is 1. The minimum Gasteiger partial charge on any atom is -0.302 e. The van der Waals surface area contributed by atoms with Crippen molar-refractivity contribution in [2.75, 3.05) is 18.4 Å². The molecule has 1 saturated heterocycles. The molecule has 0 aromatic carbocycles. The molecule has 0 saturated carbocycles. The van der Waals surface area contributed by atoms with Crippen LogP contribution in [0.25, 0.3) is 0 Å². The van der Waals surface area contributed by atoms with Crippen molar-refractivity contribution in [2.24, 2.45) is 5.92 Å². The van der Waals surface area contributed by atoms with Crippen molar-refractivity contribution < 1.29 is 4.79 Å². The number of thiophene rings is 1. The van der Waals surface area contributed by atoms with E-state index in [2.05, 4.69) is 33.6 Å². The molecule has 1 fully saturated rings. The lowest BCUT2D eigenvalue weighted by molar-refractivity contribution is -0.116. The third-order valence-electron chi connectivity index (χ3n) is 4.10. The molecule has 0 aliphatic carbocycles. The van der Waals surface area contributed by atoms with Gasteiger partial charge in [0, 0.05) is 29.8 Å². The van der Waals surface area contributed by atoms with Crippen LogP contribution in [0.4, 0.5) is 5.13 Å². The maximum atomic E-state index is 12.0. The van der Waals surface area contributed by atoms with E-state index >= 15 is 0 Å². The first-order valence-electron chi connectivity index (χ1n) is 8.18. The summed E-state index contributed by atoms with van der Waals surface area (Å²) in [6.45, 7) is 5.52. The highest BCUT2D eigenvalue weighted by Gasteiger charge is 2.17. The van der Waals surface area contributed by atoms with Gasteiger partial charge in [-0.1, -0.05) is 13.0 Å². The van der Waals surface area contributed by atoms with E-state index in [-0.39, 0.29) is 5.91 Å². The molecule has 0 spiro atoms. The standard InChI is InChI=1S/C17H23N3OS2/c1-13-4-2-8-20(10-13)11-14-12-23-17(18-14)19-16(21)7-6-15-5-3-9-22-15/h3,5,9,12-13H,2,4,6-8,10-11H2,1H3,(H,18,19,21). The molecule has 0 radical (unpaired) electrons. The van der Waals surface area contributed by atoms with Gasteiger partial charge in [0.05, 0.1) is 5.69 Å². The van der Waals surface area contributed by atoms with Crippen LogP contribution in [0.5, 0.6) is 0 Å². The predicted molar refractivity (Wildman–Crippen MR) is 97.1 cm³/mol. The minimum absolute atomic E-state index is 0.0471. The summed E-state index contributed by atoms with van der Waals surface area (Å²) < 4.78 is 0. The number of anilines is 1. The van der Waals surface area contributed by atoms with Crippen LogP contribution in [0.1, 0.15) is 36.8 Å². The predicted octanol–water partition coefficient (Wildman–Crippen LogP) is 4.01. The lowest BCUT2D eigenvalue weighted by Gasteiger charge is -2.30. The van der Waals surface area contributed by atoms with E-state index in [0.29, 0.717) is 6.42 Å². The Morgan fingerprint density at radius 2 is 2.39 bits per heavy atom. The molecule has 0 bridgehead atoms. The smallest absolute Gasteiger partial charge is 0.226 e. The zero-order valence-electron chi connectivity index (χ0n) is 13.5. The van der Waals surface area contributed by atoms with Crippen LogP contribution < -0.4 is 5.32 Å². The maximum absolute atomic E-state index is 12.0. The van der Waals surface area contributed by atoms with Crippen molar-refractivity contribution in [1.29, 1.82) is 0 Å². The number of thiazole rings is 1. The number of aromatic nitrogens is 1. The Kier molecular flexibility index (Phi) is 5.80. The number of nitrogens with one attached hydrogen (secondary N) is 1. The van der Waals surface area contributed by atoms with Gasteiger partial charge in [0.2, 0.25) is 5.91 Å². The maximum Gasteiger partial charge on any atom is 0.226 e. The van der Waals surface area contributed by atoms with E-state index in [1.54, 1.807) is 11.3 Å². The second kappa shape index (κ2) is 8.04. The van der Waals surface area contributed by atoms with Crippen molar-refractivity contribution in [3.8, 4) is 0 Å². The Bertz CT molecular complexity index is 624. The number of hydrogen-bond acceptors (Lipinski definition) is 5. The van der Waals surface area contributed by atoms with Gasteiger partial charge in [-0.05, 0) is 43.2 Å². The molecular weight excluding hydrogens is 326 g/mol. The summed E-state index contributed by atoms with van der Waals surface area (Å²) in [6, 6.07) is 4.09. The number of nitrogens with zero attached hydrogens (tertiary/aromatic N) is 2. The number of carbonyl (C=O) groups excluding carboxylic acids is 1. The van der Waals surface area contributed by atoms with Gasteiger partial charge in [0.25, 0.3) is 0 Å². The molecule has 124 valence electrons. The van der Waals surface area contributed by atoms with Crippen molar-refractivity contribution in [3.63, 3.8) is 0 Å². The van der Waals surface area contributed by atoms with Crippen molar-refractivity contribution >= 4 is 33.7 Å². The molecule has 1 aliphatic heterocycles. The number of likely N-dealkylation sites (tertiary alicyclic amines) is 1. The average Bonchev–Trinajstić information content (AvgIpc) is 3.17. The highest BCUT2D eigenvalue weighted by atomic mass is 32.1. The molecule has 1 unspecified atom stereocenters. The molecule has 2 aromatic heterocycles. The summed E-state index contributed by atoms with van der Waals surface area (Å²) in [4.78, 5) is 20.3. The van der Waals surface area contributed by atoms with Crippen molar-refractivity contribution in [1.82, 2.24) is 9.88 Å². The largest absolute Gasteiger partial charge is 0.302 e. The van der Waals surface area contributed by atoms with Gasteiger partial charge in [-0.2, -0.15) is 0 Å². The van der Waals surface area contributed by atoms with Crippen LogP contribution in [0.3, 0.4) is 0 Å². The molecule has 1 amide bonds. The number of rotatable bonds is 6. The van der Waals surface area contributed by atoms with E-state index in [0.717, 1.165) is 42.8 Å². The zero-order chi connectivity index (χ0) is 16.1. The zero-order valence-corrected chi connectivity index (χ0v) is 15.1. The molecule has 3 heterocycles. The van der Waals surface area contributed by atoms with Crippen molar-refractivity contribution in [3.05, 3.63) is 33.5 Å². The van der Waals surface area contributed by atoms with Gasteiger partial charge in [-0.15, -0.1) is 22.7 Å². The molecule has 1 atom stereocenters. The second-order valence-corrected chi connectivity index (χ2v) is 8.14. The first-order chi connectivity index (χ1) is 11.2. The summed E-state index contributed by atoms with van der Waals surface area (Å²) >= 11 is 3.22. The third kappa shape index (κ3) is 5.12. The first-order valence-corrected chi connectivity index (χ1v) is 9.94. The molecule has 2 aromatic rings. The van der Waals surface area contributed by atoms with Gasteiger partial charge < -0.3 is 5.32 Å². The van der Waals surface area contributed by atoms with Crippen molar-refractivity contribution in [2.45, 2.75) is 39.2 Å². The molecule has 23 heavy (non-hydrogen) atoms. The summed E-state index contributed by atoms with van der Waals surface area (Å²) in [5, 5.41) is 7.76. The Morgan fingerprint density at radius 1 is 1.48 bits per heavy atom. The van der Waals surface area contributed by atoms with E-state index in [4.69, 9.17) is 0 Å². The number of piperidine rings is 1. The van der Waals surface area contributed by atoms with Gasteiger partial charge in [-0.25, -0.2) is 4.98 Å². The Balaban J connectivity index is 1.45. The van der Waals surface area contributed by atoms with Crippen LogP contribution in [-0.4, -0.2) is 28.9 Å². The van der Waals surface area contributed by atoms with Gasteiger partial charge in [0.15, 0.2) is 5.13 Å². The second-order valence-electron chi connectivity index (χ2n) is 6.25.